The molecule has 0 aromatic heterocycles. The molecule has 0 fully saturated rings. The van der Waals surface area contributed by atoms with E-state index < -0.39 is 10.0 Å². The summed E-state index contributed by atoms with van der Waals surface area (Å²) in [6, 6.07) is 25.0. The second kappa shape index (κ2) is 10.5. The second-order valence-corrected chi connectivity index (χ2v) is 9.89. The third kappa shape index (κ3) is 5.98. The molecule has 0 atom stereocenters. The molecule has 0 saturated heterocycles. The summed E-state index contributed by atoms with van der Waals surface area (Å²) < 4.78 is 26.3. The Bertz CT molecular complexity index is 1110. The first-order chi connectivity index (χ1) is 15.3. The van der Waals surface area contributed by atoms with Gasteiger partial charge in [-0.25, -0.2) is 8.42 Å². The van der Waals surface area contributed by atoms with Crippen molar-refractivity contribution in [3.8, 4) is 0 Å². The number of hydrogen-bond donors (Lipinski definition) is 1. The van der Waals surface area contributed by atoms with E-state index >= 15 is 0 Å². The molecule has 0 saturated carbocycles. The number of rotatable bonds is 9. The molecule has 3 aromatic carbocycles. The highest BCUT2D eigenvalue weighted by atomic mass is 32.2. The molecule has 3 aromatic rings. The summed E-state index contributed by atoms with van der Waals surface area (Å²) in [5, 5.41) is 3.12. The SMILES string of the molecule is Cc1cccc(N(CCCC(=O)NC(c2ccccc2)c2ccccc2)S(C)(=O)=O)c1C. The van der Waals surface area contributed by atoms with Crippen molar-refractivity contribution in [2.24, 2.45) is 0 Å². The minimum absolute atomic E-state index is 0.114. The first-order valence-corrected chi connectivity index (χ1v) is 12.6. The zero-order valence-corrected chi connectivity index (χ0v) is 19.6. The third-order valence-corrected chi connectivity index (χ3v) is 6.76. The lowest BCUT2D eigenvalue weighted by atomic mass is 9.98. The Kier molecular flexibility index (Phi) is 7.70. The van der Waals surface area contributed by atoms with Crippen LogP contribution in [0.5, 0.6) is 0 Å². The predicted octanol–water partition coefficient (Wildman–Crippen LogP) is 4.76. The van der Waals surface area contributed by atoms with E-state index in [1.54, 1.807) is 0 Å². The zero-order valence-electron chi connectivity index (χ0n) is 18.8. The van der Waals surface area contributed by atoms with Crippen molar-refractivity contribution >= 4 is 21.6 Å². The minimum atomic E-state index is -3.46. The van der Waals surface area contributed by atoms with Gasteiger partial charge in [-0.2, -0.15) is 0 Å². The maximum atomic E-state index is 12.8. The maximum Gasteiger partial charge on any atom is 0.232 e. The standard InChI is InChI=1S/C26H30N2O3S/c1-20-12-10-17-24(21(20)2)28(32(3,30)31)19-11-18-25(29)27-26(22-13-6-4-7-14-22)23-15-8-5-9-16-23/h4-10,12-17,26H,11,18-19H2,1-3H3,(H,27,29). The smallest absolute Gasteiger partial charge is 0.232 e. The molecule has 0 aliphatic heterocycles. The molecule has 3 rings (SSSR count). The highest BCUT2D eigenvalue weighted by Gasteiger charge is 2.21. The van der Waals surface area contributed by atoms with Crippen LogP contribution in [0, 0.1) is 13.8 Å². The van der Waals surface area contributed by atoms with Crippen molar-refractivity contribution in [3.05, 3.63) is 101 Å². The molecule has 168 valence electrons. The van der Waals surface area contributed by atoms with Gasteiger partial charge in [0.2, 0.25) is 15.9 Å². The average molecular weight is 451 g/mol. The molecule has 0 heterocycles. The van der Waals surface area contributed by atoms with Crippen LogP contribution in [0.3, 0.4) is 0 Å². The Labute approximate surface area is 191 Å². The monoisotopic (exact) mass is 450 g/mol. The van der Waals surface area contributed by atoms with Crippen LogP contribution in [0.15, 0.2) is 78.9 Å². The Morgan fingerprint density at radius 2 is 1.44 bits per heavy atom. The van der Waals surface area contributed by atoms with E-state index in [0.717, 1.165) is 22.3 Å². The molecule has 0 unspecified atom stereocenters. The minimum Gasteiger partial charge on any atom is -0.345 e. The van der Waals surface area contributed by atoms with Gasteiger partial charge in [0.1, 0.15) is 0 Å². The highest BCUT2D eigenvalue weighted by molar-refractivity contribution is 7.92. The van der Waals surface area contributed by atoms with E-state index in [1.807, 2.05) is 92.7 Å². The number of benzene rings is 3. The number of nitrogens with zero attached hydrogens (tertiary/aromatic N) is 1. The third-order valence-electron chi connectivity index (χ3n) is 5.58. The molecule has 0 aliphatic rings. The Balaban J connectivity index is 1.70. The number of nitrogens with one attached hydrogen (secondary N) is 1. The second-order valence-electron chi connectivity index (χ2n) is 7.98. The van der Waals surface area contributed by atoms with Crippen LogP contribution >= 0.6 is 0 Å². The summed E-state index contributed by atoms with van der Waals surface area (Å²) in [5.41, 5.74) is 4.62. The van der Waals surface area contributed by atoms with Crippen LogP contribution in [-0.2, 0) is 14.8 Å². The van der Waals surface area contributed by atoms with Gasteiger partial charge >= 0.3 is 0 Å². The predicted molar refractivity (Wildman–Crippen MR) is 130 cm³/mol. The molecule has 0 radical (unpaired) electrons. The topological polar surface area (TPSA) is 66.5 Å². The van der Waals surface area contributed by atoms with Gasteiger partial charge in [-0.05, 0) is 48.6 Å². The normalized spacial score (nSPS) is 11.4. The lowest BCUT2D eigenvalue weighted by molar-refractivity contribution is -0.121. The molecule has 0 aliphatic carbocycles. The maximum absolute atomic E-state index is 12.8. The summed E-state index contributed by atoms with van der Waals surface area (Å²) in [5.74, 6) is -0.114. The van der Waals surface area contributed by atoms with Crippen LogP contribution in [0.4, 0.5) is 5.69 Å². The fourth-order valence-corrected chi connectivity index (χ4v) is 4.75. The van der Waals surface area contributed by atoms with Gasteiger partial charge in [0.25, 0.3) is 0 Å². The van der Waals surface area contributed by atoms with Crippen LogP contribution in [0.2, 0.25) is 0 Å². The van der Waals surface area contributed by atoms with E-state index in [0.29, 0.717) is 12.1 Å². The van der Waals surface area contributed by atoms with E-state index in [2.05, 4.69) is 5.32 Å². The van der Waals surface area contributed by atoms with Crippen LogP contribution in [-0.4, -0.2) is 27.1 Å². The van der Waals surface area contributed by atoms with Gasteiger partial charge in [-0.15, -0.1) is 0 Å². The summed E-state index contributed by atoms with van der Waals surface area (Å²) >= 11 is 0. The molecule has 0 bridgehead atoms. The fraction of sp³-hybridized carbons (Fsp3) is 0.269. The Morgan fingerprint density at radius 3 is 1.97 bits per heavy atom. The first-order valence-electron chi connectivity index (χ1n) is 10.7. The molecule has 32 heavy (non-hydrogen) atoms. The number of aryl methyl sites for hydroxylation is 1. The van der Waals surface area contributed by atoms with Gasteiger partial charge in [0, 0.05) is 13.0 Å². The summed E-state index contributed by atoms with van der Waals surface area (Å²) in [6.45, 7) is 4.12. The quantitative estimate of drug-likeness (QED) is 0.511. The largest absolute Gasteiger partial charge is 0.345 e. The summed E-state index contributed by atoms with van der Waals surface area (Å²) in [4.78, 5) is 12.8. The zero-order chi connectivity index (χ0) is 23.1. The van der Waals surface area contributed by atoms with Gasteiger partial charge in [0.05, 0.1) is 18.0 Å². The number of carbonyl (C=O) groups is 1. The molecule has 5 nitrogen and oxygen atoms in total. The van der Waals surface area contributed by atoms with Crippen molar-refractivity contribution in [3.63, 3.8) is 0 Å². The van der Waals surface area contributed by atoms with Crippen molar-refractivity contribution < 1.29 is 13.2 Å². The van der Waals surface area contributed by atoms with Crippen molar-refractivity contribution in [1.29, 1.82) is 0 Å². The molecule has 1 N–H and O–H groups in total. The number of sulfonamides is 1. The van der Waals surface area contributed by atoms with Crippen molar-refractivity contribution in [1.82, 2.24) is 5.32 Å². The lowest BCUT2D eigenvalue weighted by Crippen LogP contribution is -2.33. The highest BCUT2D eigenvalue weighted by Crippen LogP contribution is 2.26. The number of amides is 1. The van der Waals surface area contributed by atoms with E-state index in [1.165, 1.54) is 10.6 Å². The van der Waals surface area contributed by atoms with Gasteiger partial charge in [0.15, 0.2) is 0 Å². The summed E-state index contributed by atoms with van der Waals surface area (Å²) in [7, 11) is -3.46. The van der Waals surface area contributed by atoms with E-state index in [-0.39, 0.29) is 24.9 Å². The van der Waals surface area contributed by atoms with Crippen LogP contribution in [0.25, 0.3) is 0 Å². The van der Waals surface area contributed by atoms with Crippen molar-refractivity contribution in [2.45, 2.75) is 32.7 Å². The average Bonchev–Trinajstić information content (AvgIpc) is 2.78. The lowest BCUT2D eigenvalue weighted by Gasteiger charge is -2.25. The van der Waals surface area contributed by atoms with Gasteiger partial charge in [-0.1, -0.05) is 72.8 Å². The fourth-order valence-electron chi connectivity index (χ4n) is 3.74. The Hall–Kier alpha value is -3.12. The molecule has 6 heteroatoms. The number of hydrogen-bond acceptors (Lipinski definition) is 3. The van der Waals surface area contributed by atoms with Crippen molar-refractivity contribution in [2.75, 3.05) is 17.1 Å². The van der Waals surface area contributed by atoms with Crippen LogP contribution < -0.4 is 9.62 Å². The van der Waals surface area contributed by atoms with Gasteiger partial charge in [-0.3, -0.25) is 9.10 Å². The number of carbonyl (C=O) groups excluding carboxylic acids is 1. The Morgan fingerprint density at radius 1 is 0.875 bits per heavy atom. The molecular weight excluding hydrogens is 420 g/mol. The van der Waals surface area contributed by atoms with Crippen LogP contribution in [0.1, 0.15) is 41.1 Å². The molecule has 1 amide bonds. The molecular formula is C26H30N2O3S. The van der Waals surface area contributed by atoms with Gasteiger partial charge < -0.3 is 5.32 Å². The molecule has 0 spiro atoms. The summed E-state index contributed by atoms with van der Waals surface area (Å²) in [6.07, 6.45) is 1.85. The number of anilines is 1. The van der Waals surface area contributed by atoms with E-state index in [4.69, 9.17) is 0 Å². The van der Waals surface area contributed by atoms with E-state index in [9.17, 15) is 13.2 Å². The first kappa shape index (κ1) is 23.5.